The zero-order chi connectivity index (χ0) is 20.1. The summed E-state index contributed by atoms with van der Waals surface area (Å²) in [5.41, 5.74) is 1.31. The highest BCUT2D eigenvalue weighted by atomic mass is 16.5. The maximum Gasteiger partial charge on any atom is 0.293 e. The molecule has 7 nitrogen and oxygen atoms in total. The van der Waals surface area contributed by atoms with E-state index in [0.29, 0.717) is 33.8 Å². The quantitative estimate of drug-likeness (QED) is 0.625. The van der Waals surface area contributed by atoms with Gasteiger partial charge in [-0.3, -0.25) is 9.59 Å². The van der Waals surface area contributed by atoms with Gasteiger partial charge in [0.1, 0.15) is 11.3 Å². The number of carbonyl (C=O) groups is 2. The number of rotatable bonds is 6. The second-order valence-corrected chi connectivity index (χ2v) is 5.82. The molecule has 0 saturated carbocycles. The zero-order valence-electron chi connectivity index (χ0n) is 15.7. The molecule has 0 saturated heterocycles. The van der Waals surface area contributed by atoms with Crippen LogP contribution in [0, 0.1) is 0 Å². The first-order chi connectivity index (χ1) is 13.6. The third kappa shape index (κ3) is 3.83. The molecule has 7 heteroatoms. The Balaban J connectivity index is 1.96. The van der Waals surface area contributed by atoms with Gasteiger partial charge in [0.05, 0.1) is 14.2 Å². The number of furan rings is 1. The van der Waals surface area contributed by atoms with Crippen molar-refractivity contribution in [3.8, 4) is 11.5 Å². The van der Waals surface area contributed by atoms with Crippen molar-refractivity contribution < 1.29 is 23.5 Å². The normalized spacial score (nSPS) is 10.8. The van der Waals surface area contributed by atoms with E-state index in [2.05, 4.69) is 10.6 Å². The molecule has 0 spiro atoms. The standard InChI is InChI=1S/C21H20N2O5/c1-4-7-18(24)23-19-14-8-5-6-9-15(14)28-20(19)21(25)22-13-10-11-16(26-2)17(12-13)27-3/h4-12H,1-3H3,(H,22,25)(H,23,24). The molecule has 2 amide bonds. The number of amides is 2. The summed E-state index contributed by atoms with van der Waals surface area (Å²) in [5.74, 6) is 0.178. The Morgan fingerprint density at radius 3 is 2.46 bits per heavy atom. The number of fused-ring (bicyclic) bond motifs is 1. The second kappa shape index (κ2) is 8.30. The zero-order valence-corrected chi connectivity index (χ0v) is 15.7. The summed E-state index contributed by atoms with van der Waals surface area (Å²) in [4.78, 5) is 24.9. The van der Waals surface area contributed by atoms with Gasteiger partial charge >= 0.3 is 0 Å². The van der Waals surface area contributed by atoms with Crippen molar-refractivity contribution in [3.63, 3.8) is 0 Å². The third-order valence-corrected chi connectivity index (χ3v) is 4.01. The molecule has 0 aliphatic carbocycles. The Hall–Kier alpha value is -3.74. The maximum absolute atomic E-state index is 12.9. The van der Waals surface area contributed by atoms with E-state index in [1.54, 1.807) is 55.5 Å². The van der Waals surface area contributed by atoms with E-state index < -0.39 is 5.91 Å². The van der Waals surface area contributed by atoms with Crippen molar-refractivity contribution >= 4 is 34.2 Å². The van der Waals surface area contributed by atoms with Crippen molar-refractivity contribution in [3.05, 3.63) is 60.4 Å². The van der Waals surface area contributed by atoms with Crippen molar-refractivity contribution in [1.29, 1.82) is 0 Å². The largest absolute Gasteiger partial charge is 0.493 e. The average Bonchev–Trinajstić information content (AvgIpc) is 3.06. The van der Waals surface area contributed by atoms with Crippen LogP contribution in [0.2, 0.25) is 0 Å². The molecule has 0 aliphatic heterocycles. The smallest absolute Gasteiger partial charge is 0.293 e. The molecule has 3 rings (SSSR count). The van der Waals surface area contributed by atoms with E-state index in [4.69, 9.17) is 13.9 Å². The molecule has 1 aromatic heterocycles. The van der Waals surface area contributed by atoms with Gasteiger partial charge in [0.25, 0.3) is 5.91 Å². The van der Waals surface area contributed by atoms with E-state index in [1.165, 1.54) is 20.3 Å². The number of carbonyl (C=O) groups excluding carboxylic acids is 2. The number of nitrogens with one attached hydrogen (secondary N) is 2. The lowest BCUT2D eigenvalue weighted by atomic mass is 10.2. The van der Waals surface area contributed by atoms with E-state index in [-0.39, 0.29) is 11.7 Å². The van der Waals surface area contributed by atoms with Crippen LogP contribution in [-0.4, -0.2) is 26.0 Å². The predicted molar refractivity (Wildman–Crippen MR) is 107 cm³/mol. The molecule has 0 unspecified atom stereocenters. The first kappa shape index (κ1) is 19.0. The van der Waals surface area contributed by atoms with Gasteiger partial charge < -0.3 is 24.5 Å². The fourth-order valence-corrected chi connectivity index (χ4v) is 2.75. The van der Waals surface area contributed by atoms with Gasteiger partial charge in [-0.15, -0.1) is 0 Å². The Kier molecular flexibility index (Phi) is 5.64. The molecule has 0 bridgehead atoms. The van der Waals surface area contributed by atoms with Crippen LogP contribution in [0.4, 0.5) is 11.4 Å². The van der Waals surface area contributed by atoms with Crippen LogP contribution in [0.3, 0.4) is 0 Å². The van der Waals surface area contributed by atoms with Crippen LogP contribution in [0.15, 0.2) is 59.0 Å². The summed E-state index contributed by atoms with van der Waals surface area (Å²) >= 11 is 0. The Morgan fingerprint density at radius 2 is 1.75 bits per heavy atom. The van der Waals surface area contributed by atoms with Gasteiger partial charge in [-0.2, -0.15) is 0 Å². The molecule has 0 aliphatic rings. The lowest BCUT2D eigenvalue weighted by Gasteiger charge is -2.10. The molecule has 2 aromatic carbocycles. The SMILES string of the molecule is CC=CC(=O)Nc1c(C(=O)Nc2ccc(OC)c(OC)c2)oc2ccccc12. The van der Waals surface area contributed by atoms with Crippen LogP contribution in [0.5, 0.6) is 11.5 Å². The number of benzene rings is 2. The Bertz CT molecular complexity index is 1050. The lowest BCUT2D eigenvalue weighted by Crippen LogP contribution is -2.15. The average molecular weight is 380 g/mol. The van der Waals surface area contributed by atoms with E-state index >= 15 is 0 Å². The predicted octanol–water partition coefficient (Wildman–Crippen LogP) is 4.22. The Labute approximate surface area is 161 Å². The second-order valence-electron chi connectivity index (χ2n) is 5.82. The van der Waals surface area contributed by atoms with Gasteiger partial charge in [0, 0.05) is 17.1 Å². The Morgan fingerprint density at radius 1 is 1.00 bits per heavy atom. The summed E-state index contributed by atoms with van der Waals surface area (Å²) in [6, 6.07) is 12.1. The van der Waals surface area contributed by atoms with E-state index in [1.807, 2.05) is 0 Å². The van der Waals surface area contributed by atoms with Gasteiger partial charge in [0.2, 0.25) is 11.7 Å². The fraction of sp³-hybridized carbons (Fsp3) is 0.143. The molecular weight excluding hydrogens is 360 g/mol. The summed E-state index contributed by atoms with van der Waals surface area (Å²) in [7, 11) is 3.04. The minimum atomic E-state index is -0.501. The van der Waals surface area contributed by atoms with Gasteiger partial charge in [-0.1, -0.05) is 18.2 Å². The molecule has 0 atom stereocenters. The van der Waals surface area contributed by atoms with Crippen LogP contribution in [0.1, 0.15) is 17.5 Å². The van der Waals surface area contributed by atoms with Gasteiger partial charge in [-0.05, 0) is 37.3 Å². The molecule has 3 aromatic rings. The topological polar surface area (TPSA) is 89.8 Å². The highest BCUT2D eigenvalue weighted by Gasteiger charge is 2.22. The third-order valence-electron chi connectivity index (χ3n) is 4.01. The van der Waals surface area contributed by atoms with Crippen LogP contribution in [-0.2, 0) is 4.79 Å². The van der Waals surface area contributed by atoms with Crippen LogP contribution in [0.25, 0.3) is 11.0 Å². The monoisotopic (exact) mass is 380 g/mol. The molecule has 2 N–H and O–H groups in total. The van der Waals surface area contributed by atoms with Crippen LogP contribution >= 0.6 is 0 Å². The fourth-order valence-electron chi connectivity index (χ4n) is 2.75. The molecule has 0 radical (unpaired) electrons. The molecular formula is C21H20N2O5. The number of allylic oxidation sites excluding steroid dienone is 1. The highest BCUT2D eigenvalue weighted by molar-refractivity contribution is 6.15. The number of anilines is 2. The van der Waals surface area contributed by atoms with Crippen molar-refractivity contribution in [1.82, 2.24) is 0 Å². The molecule has 144 valence electrons. The summed E-state index contributed by atoms with van der Waals surface area (Å²) < 4.78 is 16.2. The number of methoxy groups -OCH3 is 2. The highest BCUT2D eigenvalue weighted by Crippen LogP contribution is 2.33. The summed E-state index contributed by atoms with van der Waals surface area (Å²) in [6.45, 7) is 1.73. The number of hydrogen-bond acceptors (Lipinski definition) is 5. The molecule has 0 fully saturated rings. The van der Waals surface area contributed by atoms with Crippen molar-refractivity contribution in [2.75, 3.05) is 24.9 Å². The number of ether oxygens (including phenoxy) is 2. The lowest BCUT2D eigenvalue weighted by molar-refractivity contribution is -0.111. The summed E-state index contributed by atoms with van der Waals surface area (Å²) in [6.07, 6.45) is 2.98. The minimum Gasteiger partial charge on any atom is -0.493 e. The van der Waals surface area contributed by atoms with Crippen molar-refractivity contribution in [2.45, 2.75) is 6.92 Å². The number of para-hydroxylation sites is 1. The first-order valence-corrected chi connectivity index (χ1v) is 8.56. The van der Waals surface area contributed by atoms with Gasteiger partial charge in [-0.25, -0.2) is 0 Å². The van der Waals surface area contributed by atoms with Crippen molar-refractivity contribution in [2.24, 2.45) is 0 Å². The van der Waals surface area contributed by atoms with Crippen LogP contribution < -0.4 is 20.1 Å². The molecule has 1 heterocycles. The van der Waals surface area contributed by atoms with Gasteiger partial charge in [0.15, 0.2) is 11.5 Å². The van der Waals surface area contributed by atoms with E-state index in [0.717, 1.165) is 0 Å². The number of hydrogen-bond donors (Lipinski definition) is 2. The molecule has 28 heavy (non-hydrogen) atoms. The maximum atomic E-state index is 12.9. The first-order valence-electron chi connectivity index (χ1n) is 8.56. The van der Waals surface area contributed by atoms with E-state index in [9.17, 15) is 9.59 Å². The summed E-state index contributed by atoms with van der Waals surface area (Å²) in [5, 5.41) is 6.11. The minimum absolute atomic E-state index is 0.00818.